The van der Waals surface area contributed by atoms with E-state index >= 15 is 0 Å². The van der Waals surface area contributed by atoms with Crippen LogP contribution in [-0.2, 0) is 6.42 Å². The fourth-order valence-corrected chi connectivity index (χ4v) is 2.14. The van der Waals surface area contributed by atoms with Crippen molar-refractivity contribution in [3.8, 4) is 0 Å². The van der Waals surface area contributed by atoms with Gasteiger partial charge in [-0.1, -0.05) is 0 Å². The van der Waals surface area contributed by atoms with Crippen molar-refractivity contribution >= 4 is 15.8 Å². The molecule has 0 nitrogen and oxygen atoms in total. The molecule has 1 aromatic carbocycles. The van der Waals surface area contributed by atoms with Crippen molar-refractivity contribution in [1.82, 2.24) is 0 Å². The van der Waals surface area contributed by atoms with Crippen LogP contribution in [0.25, 0.3) is 0 Å². The van der Waals surface area contributed by atoms with Gasteiger partial charge in [0, 0.05) is 0 Å². The molecule has 5 heteroatoms. The first kappa shape index (κ1) is 11.6. The van der Waals surface area contributed by atoms with Gasteiger partial charge in [-0.05, 0) is 0 Å². The van der Waals surface area contributed by atoms with E-state index in [4.69, 9.17) is 0 Å². The molecule has 0 amide bonds. The molecule has 0 radical (unpaired) electrons. The summed E-state index contributed by atoms with van der Waals surface area (Å²) in [5.74, 6) is -5.17. The molecule has 1 aromatic rings. The van der Waals surface area contributed by atoms with Crippen LogP contribution in [0.1, 0.15) is 5.56 Å². The number of rotatable bonds is 3. The zero-order valence-electron chi connectivity index (χ0n) is 7.50. The summed E-state index contributed by atoms with van der Waals surface area (Å²) in [6.07, 6.45) is 0.0723. The van der Waals surface area contributed by atoms with Gasteiger partial charge in [0.05, 0.1) is 0 Å². The van der Waals surface area contributed by atoms with E-state index in [9.17, 15) is 17.6 Å². The van der Waals surface area contributed by atoms with E-state index in [0.29, 0.717) is 5.21 Å². The van der Waals surface area contributed by atoms with Gasteiger partial charge in [0.2, 0.25) is 0 Å². The van der Waals surface area contributed by atoms with E-state index in [1.165, 1.54) is 0 Å². The minimum absolute atomic E-state index is 0.0723. The Balaban J connectivity index is 3.11. The SMILES string of the molecule is C[AsH]CCc1c(F)c(F)cc(F)c1F. The monoisotopic (exact) mass is 268 g/mol. The van der Waals surface area contributed by atoms with Crippen molar-refractivity contribution in [3.05, 3.63) is 34.9 Å². The van der Waals surface area contributed by atoms with Crippen molar-refractivity contribution in [1.29, 1.82) is 0 Å². The van der Waals surface area contributed by atoms with Crippen LogP contribution in [0.3, 0.4) is 0 Å². The normalized spacial score (nSPS) is 11.5. The molecule has 0 N–H and O–H groups in total. The van der Waals surface area contributed by atoms with Crippen LogP contribution in [0.4, 0.5) is 17.6 Å². The topological polar surface area (TPSA) is 0 Å². The van der Waals surface area contributed by atoms with Gasteiger partial charge in [0.15, 0.2) is 0 Å². The van der Waals surface area contributed by atoms with Gasteiger partial charge in [0.1, 0.15) is 0 Å². The molecule has 0 spiro atoms. The third-order valence-electron chi connectivity index (χ3n) is 1.83. The van der Waals surface area contributed by atoms with Crippen molar-refractivity contribution in [3.63, 3.8) is 0 Å². The van der Waals surface area contributed by atoms with Gasteiger partial charge < -0.3 is 0 Å². The molecule has 78 valence electrons. The summed E-state index contributed by atoms with van der Waals surface area (Å²) >= 11 is -0.258. The van der Waals surface area contributed by atoms with E-state index in [-0.39, 0.29) is 28.2 Å². The van der Waals surface area contributed by atoms with Crippen molar-refractivity contribution < 1.29 is 17.6 Å². The fraction of sp³-hybridized carbons (Fsp3) is 0.333. The number of hydrogen-bond donors (Lipinski definition) is 0. The minimum atomic E-state index is -1.32. The van der Waals surface area contributed by atoms with Crippen LogP contribution in [0.2, 0.25) is 10.9 Å². The number of hydrogen-bond acceptors (Lipinski definition) is 0. The second kappa shape index (κ2) is 4.83. The Morgan fingerprint density at radius 1 is 1.07 bits per heavy atom. The maximum atomic E-state index is 13.0. The zero-order chi connectivity index (χ0) is 10.7. The summed E-state index contributed by atoms with van der Waals surface area (Å²) in [6, 6.07) is 0.233. The fourth-order valence-electron chi connectivity index (χ4n) is 1.09. The second-order valence-electron chi connectivity index (χ2n) is 2.80. The standard InChI is InChI=1S/C9H9AsF4/c1-10-3-2-5-8(13)6(11)4-7(12)9(5)14/h4,10H,2-3H2,1H3. The summed E-state index contributed by atoms with van der Waals surface area (Å²) in [5.41, 5.74) is 1.49. The van der Waals surface area contributed by atoms with Crippen molar-refractivity contribution in [2.45, 2.75) is 17.3 Å². The molecule has 0 aliphatic rings. The Morgan fingerprint density at radius 3 is 2.00 bits per heavy atom. The third-order valence-corrected chi connectivity index (χ3v) is 3.40. The van der Waals surface area contributed by atoms with Crippen LogP contribution < -0.4 is 0 Å². The average Bonchev–Trinajstić information content (AvgIpc) is 2.15. The predicted molar refractivity (Wildman–Crippen MR) is 47.8 cm³/mol. The van der Waals surface area contributed by atoms with Crippen LogP contribution in [-0.4, -0.2) is 15.8 Å². The van der Waals surface area contributed by atoms with E-state index in [2.05, 4.69) is 0 Å². The molecule has 1 atom stereocenters. The Labute approximate surface area is 86.0 Å². The molecule has 1 unspecified atom stereocenters. The number of halogens is 4. The Morgan fingerprint density at radius 2 is 1.57 bits per heavy atom. The molecule has 1 rings (SSSR count). The Bertz CT molecular complexity index is 312. The van der Waals surface area contributed by atoms with Gasteiger partial charge in [-0.25, -0.2) is 0 Å². The summed E-state index contributed by atoms with van der Waals surface area (Å²) in [4.78, 5) is 0. The molecule has 0 heterocycles. The molecular formula is C9H9AsF4. The molecule has 0 saturated carbocycles. The molecule has 0 aliphatic carbocycles. The summed E-state index contributed by atoms with van der Waals surface area (Å²) in [6.45, 7) is 0. The van der Waals surface area contributed by atoms with Crippen LogP contribution >= 0.6 is 0 Å². The van der Waals surface area contributed by atoms with E-state index in [1.54, 1.807) is 0 Å². The zero-order valence-corrected chi connectivity index (χ0v) is 9.60. The molecule has 0 saturated heterocycles. The van der Waals surface area contributed by atoms with Crippen LogP contribution in [0.15, 0.2) is 6.07 Å². The molecule has 0 bridgehead atoms. The van der Waals surface area contributed by atoms with E-state index in [0.717, 1.165) is 0 Å². The molecule has 14 heavy (non-hydrogen) atoms. The van der Waals surface area contributed by atoms with Gasteiger partial charge >= 0.3 is 85.6 Å². The van der Waals surface area contributed by atoms with Crippen molar-refractivity contribution in [2.75, 3.05) is 0 Å². The molecular weight excluding hydrogens is 259 g/mol. The molecule has 0 aliphatic heterocycles. The maximum absolute atomic E-state index is 13.0. The molecule has 0 aromatic heterocycles. The molecule has 0 fully saturated rings. The summed E-state index contributed by atoms with van der Waals surface area (Å²) in [7, 11) is 0. The van der Waals surface area contributed by atoms with Crippen LogP contribution in [0.5, 0.6) is 0 Å². The van der Waals surface area contributed by atoms with Gasteiger partial charge in [-0.15, -0.1) is 0 Å². The van der Waals surface area contributed by atoms with E-state index in [1.807, 2.05) is 5.71 Å². The van der Waals surface area contributed by atoms with Gasteiger partial charge in [0.25, 0.3) is 0 Å². The summed E-state index contributed by atoms with van der Waals surface area (Å²) < 4.78 is 51.3. The van der Waals surface area contributed by atoms with E-state index < -0.39 is 28.8 Å². The average molecular weight is 268 g/mol. The Kier molecular flexibility index (Phi) is 3.99. The quantitative estimate of drug-likeness (QED) is 0.449. The predicted octanol–water partition coefficient (Wildman–Crippen LogP) is 2.69. The van der Waals surface area contributed by atoms with Crippen molar-refractivity contribution in [2.24, 2.45) is 0 Å². The van der Waals surface area contributed by atoms with Gasteiger partial charge in [-0.2, -0.15) is 0 Å². The Hall–Kier alpha value is -0.502. The number of benzene rings is 1. The van der Waals surface area contributed by atoms with Gasteiger partial charge in [-0.3, -0.25) is 0 Å². The first-order valence-electron chi connectivity index (χ1n) is 4.04. The first-order valence-corrected chi connectivity index (χ1v) is 7.62. The third kappa shape index (κ3) is 2.30. The summed E-state index contributed by atoms with van der Waals surface area (Å²) in [5, 5.41) is 0.622. The second-order valence-corrected chi connectivity index (χ2v) is 5.33. The first-order chi connectivity index (χ1) is 6.57. The van der Waals surface area contributed by atoms with Crippen LogP contribution in [0, 0.1) is 23.3 Å².